The quantitative estimate of drug-likeness (QED) is 0.764. The van der Waals surface area contributed by atoms with Gasteiger partial charge in [0.2, 0.25) is 0 Å². The second kappa shape index (κ2) is 3.41. The molecule has 0 spiro atoms. The number of aromatic hydroxyl groups is 1. The highest BCUT2D eigenvalue weighted by Gasteiger charge is 2.15. The summed E-state index contributed by atoms with van der Waals surface area (Å²) >= 11 is 0. The maximum Gasteiger partial charge on any atom is 0.377 e. The average molecular weight is 206 g/mol. The summed E-state index contributed by atoms with van der Waals surface area (Å²) in [7, 11) is 0. The second-order valence-corrected chi connectivity index (χ2v) is 2.75. The number of carbonyl (C=O) groups is 1. The first-order valence-electron chi connectivity index (χ1n) is 4.04. The molecule has 0 aliphatic heterocycles. The number of aromatic carboxylic acids is 1. The average Bonchev–Trinajstić information content (AvgIpc) is 2.67. The van der Waals surface area contributed by atoms with Gasteiger partial charge in [-0.25, -0.2) is 4.79 Å². The third-order valence-corrected chi connectivity index (χ3v) is 1.75. The van der Waals surface area contributed by atoms with Gasteiger partial charge in [0.1, 0.15) is 5.75 Å². The monoisotopic (exact) mass is 206 g/mol. The van der Waals surface area contributed by atoms with Crippen molar-refractivity contribution in [3.63, 3.8) is 0 Å². The van der Waals surface area contributed by atoms with Gasteiger partial charge < -0.3 is 14.7 Å². The molecule has 1 heterocycles. The van der Waals surface area contributed by atoms with Gasteiger partial charge in [0.05, 0.1) is 5.56 Å². The van der Waals surface area contributed by atoms with Crippen LogP contribution in [0.5, 0.6) is 5.75 Å². The van der Waals surface area contributed by atoms with Crippen LogP contribution >= 0.6 is 0 Å². The largest absolute Gasteiger partial charge is 0.507 e. The number of benzene rings is 1. The normalized spacial score (nSPS) is 10.1. The molecule has 2 rings (SSSR count). The van der Waals surface area contributed by atoms with Crippen LogP contribution in [0, 0.1) is 0 Å². The van der Waals surface area contributed by atoms with Crippen molar-refractivity contribution in [3.8, 4) is 17.2 Å². The zero-order valence-electron chi connectivity index (χ0n) is 7.41. The minimum Gasteiger partial charge on any atom is -0.507 e. The first kappa shape index (κ1) is 9.20. The maximum absolute atomic E-state index is 10.5. The number of nitrogens with zero attached hydrogens (tertiary/aromatic N) is 2. The summed E-state index contributed by atoms with van der Waals surface area (Å²) in [4.78, 5) is 14.1. The van der Waals surface area contributed by atoms with E-state index in [2.05, 4.69) is 10.1 Å². The Labute approximate surface area is 83.8 Å². The van der Waals surface area contributed by atoms with Gasteiger partial charge in [0.15, 0.2) is 0 Å². The van der Waals surface area contributed by atoms with Crippen molar-refractivity contribution in [1.29, 1.82) is 0 Å². The molecule has 1 aromatic heterocycles. The fraction of sp³-hybridized carbons (Fsp3) is 0. The summed E-state index contributed by atoms with van der Waals surface area (Å²) in [6.07, 6.45) is 0. The molecule has 0 unspecified atom stereocenters. The van der Waals surface area contributed by atoms with Crippen LogP contribution in [0.2, 0.25) is 0 Å². The lowest BCUT2D eigenvalue weighted by molar-refractivity contribution is 0.0680. The number of hydrogen-bond acceptors (Lipinski definition) is 5. The molecule has 0 aliphatic rings. The van der Waals surface area contributed by atoms with Gasteiger partial charge in [-0.1, -0.05) is 12.1 Å². The topological polar surface area (TPSA) is 96.5 Å². The van der Waals surface area contributed by atoms with Crippen LogP contribution in [0.15, 0.2) is 28.8 Å². The Hall–Kier alpha value is -2.37. The summed E-state index contributed by atoms with van der Waals surface area (Å²) in [5, 5.41) is 21.2. The van der Waals surface area contributed by atoms with Crippen molar-refractivity contribution >= 4 is 5.97 Å². The van der Waals surface area contributed by atoms with Crippen LogP contribution in [0.3, 0.4) is 0 Å². The van der Waals surface area contributed by atoms with Crippen LogP contribution in [0.25, 0.3) is 11.5 Å². The van der Waals surface area contributed by atoms with Crippen LogP contribution in [0.4, 0.5) is 0 Å². The Kier molecular flexibility index (Phi) is 2.09. The van der Waals surface area contributed by atoms with E-state index in [0.717, 1.165) is 0 Å². The Morgan fingerprint density at radius 2 is 2.07 bits per heavy atom. The van der Waals surface area contributed by atoms with E-state index in [0.29, 0.717) is 5.56 Å². The highest BCUT2D eigenvalue weighted by atomic mass is 16.5. The number of carboxylic acids is 1. The molecule has 0 saturated carbocycles. The van der Waals surface area contributed by atoms with E-state index < -0.39 is 11.8 Å². The smallest absolute Gasteiger partial charge is 0.377 e. The standard InChI is InChI=1S/C9H6N2O4/c12-6-4-2-1-3-5(6)8-10-7(9(13)14)11-15-8/h1-4,12H,(H,13,14). The summed E-state index contributed by atoms with van der Waals surface area (Å²) in [6.45, 7) is 0. The van der Waals surface area contributed by atoms with Gasteiger partial charge in [-0.3, -0.25) is 0 Å². The van der Waals surface area contributed by atoms with Gasteiger partial charge >= 0.3 is 5.97 Å². The van der Waals surface area contributed by atoms with E-state index in [4.69, 9.17) is 9.63 Å². The first-order valence-corrected chi connectivity index (χ1v) is 4.04. The number of phenolic OH excluding ortho intramolecular Hbond substituents is 1. The summed E-state index contributed by atoms with van der Waals surface area (Å²) in [5.41, 5.74) is 0.303. The minimum absolute atomic E-state index is 0.0227. The molecule has 15 heavy (non-hydrogen) atoms. The fourth-order valence-corrected chi connectivity index (χ4v) is 1.07. The van der Waals surface area contributed by atoms with Gasteiger partial charge in [0, 0.05) is 0 Å². The maximum atomic E-state index is 10.5. The second-order valence-electron chi connectivity index (χ2n) is 2.75. The molecule has 0 fully saturated rings. The van der Waals surface area contributed by atoms with Gasteiger partial charge in [0.25, 0.3) is 11.7 Å². The van der Waals surface area contributed by atoms with E-state index in [1.807, 2.05) is 0 Å². The number of rotatable bonds is 2. The Morgan fingerprint density at radius 1 is 1.33 bits per heavy atom. The molecule has 76 valence electrons. The van der Waals surface area contributed by atoms with E-state index in [1.54, 1.807) is 18.2 Å². The Balaban J connectivity index is 2.46. The molecule has 0 amide bonds. The molecule has 0 bridgehead atoms. The van der Waals surface area contributed by atoms with Crippen molar-refractivity contribution in [2.24, 2.45) is 0 Å². The summed E-state index contributed by atoms with van der Waals surface area (Å²) < 4.78 is 4.69. The Morgan fingerprint density at radius 3 is 2.67 bits per heavy atom. The highest BCUT2D eigenvalue weighted by Crippen LogP contribution is 2.26. The number of aromatic nitrogens is 2. The number of phenols is 1. The minimum atomic E-state index is -1.28. The van der Waals surface area contributed by atoms with Gasteiger partial charge in [-0.2, -0.15) is 4.98 Å². The predicted molar refractivity (Wildman–Crippen MR) is 48.4 cm³/mol. The fourth-order valence-electron chi connectivity index (χ4n) is 1.07. The molecule has 0 saturated heterocycles. The van der Waals surface area contributed by atoms with E-state index >= 15 is 0 Å². The van der Waals surface area contributed by atoms with Gasteiger partial charge in [-0.05, 0) is 17.3 Å². The van der Waals surface area contributed by atoms with Crippen molar-refractivity contribution in [1.82, 2.24) is 10.1 Å². The summed E-state index contributed by atoms with van der Waals surface area (Å²) in [6, 6.07) is 6.29. The lowest BCUT2D eigenvalue weighted by Crippen LogP contribution is -1.98. The van der Waals surface area contributed by atoms with Crippen LogP contribution in [0.1, 0.15) is 10.6 Å². The Bertz CT molecular complexity index is 506. The molecule has 6 nitrogen and oxygen atoms in total. The molecule has 2 N–H and O–H groups in total. The molecule has 2 aromatic rings. The zero-order valence-corrected chi connectivity index (χ0v) is 7.41. The lowest BCUT2D eigenvalue weighted by atomic mass is 10.2. The van der Waals surface area contributed by atoms with E-state index in [1.165, 1.54) is 6.07 Å². The van der Waals surface area contributed by atoms with Crippen molar-refractivity contribution in [2.45, 2.75) is 0 Å². The third kappa shape index (κ3) is 1.64. The number of para-hydroxylation sites is 1. The predicted octanol–water partition coefficient (Wildman–Crippen LogP) is 1.14. The molecule has 0 atom stereocenters. The molecule has 6 heteroatoms. The molecule has 0 radical (unpaired) electrons. The zero-order chi connectivity index (χ0) is 10.8. The van der Waals surface area contributed by atoms with Gasteiger partial charge in [-0.15, -0.1) is 0 Å². The lowest BCUT2D eigenvalue weighted by Gasteiger charge is -1.96. The molecular formula is C9H6N2O4. The van der Waals surface area contributed by atoms with E-state index in [9.17, 15) is 9.90 Å². The number of hydrogen-bond donors (Lipinski definition) is 2. The van der Waals surface area contributed by atoms with Crippen LogP contribution in [-0.4, -0.2) is 26.3 Å². The molecule has 1 aromatic carbocycles. The first-order chi connectivity index (χ1) is 7.18. The third-order valence-electron chi connectivity index (χ3n) is 1.75. The summed E-state index contributed by atoms with van der Waals surface area (Å²) in [5.74, 6) is -1.78. The SMILES string of the molecule is O=C(O)c1noc(-c2ccccc2O)n1. The van der Waals surface area contributed by atoms with Crippen molar-refractivity contribution in [3.05, 3.63) is 30.1 Å². The highest BCUT2D eigenvalue weighted by molar-refractivity contribution is 5.83. The molecule has 0 aliphatic carbocycles. The van der Waals surface area contributed by atoms with E-state index in [-0.39, 0.29) is 11.6 Å². The van der Waals surface area contributed by atoms with Crippen molar-refractivity contribution < 1.29 is 19.5 Å². The molecular weight excluding hydrogens is 200 g/mol. The van der Waals surface area contributed by atoms with Crippen LogP contribution in [-0.2, 0) is 0 Å². The van der Waals surface area contributed by atoms with Crippen LogP contribution < -0.4 is 0 Å². The van der Waals surface area contributed by atoms with Crippen molar-refractivity contribution in [2.75, 3.05) is 0 Å². The number of carboxylic acid groups (broad SMARTS) is 1.